The van der Waals surface area contributed by atoms with E-state index in [4.69, 9.17) is 45.3 Å². The van der Waals surface area contributed by atoms with E-state index in [1.165, 1.54) is 32.5 Å². The summed E-state index contributed by atoms with van der Waals surface area (Å²) in [5.74, 6) is -0.855. The highest BCUT2D eigenvalue weighted by atomic mass is 35.9. The van der Waals surface area contributed by atoms with Gasteiger partial charge in [0.15, 0.2) is 0 Å². The molecule has 5 aliphatic rings. The number of phenols is 4. The fourth-order valence-corrected chi connectivity index (χ4v) is 26.3. The summed E-state index contributed by atoms with van der Waals surface area (Å²) in [7, 11) is -8.13. The number of hydrogen-bond acceptors (Lipinski definition) is 13. The van der Waals surface area contributed by atoms with Crippen LogP contribution in [0.4, 0.5) is 0 Å². The van der Waals surface area contributed by atoms with Crippen LogP contribution in [-0.4, -0.2) is 98.0 Å². The minimum Gasteiger partial charge on any atom is -0.508 e. The lowest BCUT2D eigenvalue weighted by atomic mass is 9.76. The maximum absolute atomic E-state index is 15.5. The Bertz CT molecular complexity index is 7350. The van der Waals surface area contributed by atoms with Gasteiger partial charge in [0.1, 0.15) is 46.0 Å². The van der Waals surface area contributed by atoms with Gasteiger partial charge in [-0.2, -0.15) is 0 Å². The summed E-state index contributed by atoms with van der Waals surface area (Å²) in [6.07, 6.45) is 2.56. The number of halogens is 2. The predicted octanol–water partition coefficient (Wildman–Crippen LogP) is 28.0. The Kier molecular flexibility index (Phi) is 27.7. The van der Waals surface area contributed by atoms with Gasteiger partial charge < -0.3 is 88.0 Å². The lowest BCUT2D eigenvalue weighted by Gasteiger charge is -2.34. The van der Waals surface area contributed by atoms with E-state index < -0.39 is 64.4 Å². The first kappa shape index (κ1) is 102. The van der Waals surface area contributed by atoms with Crippen LogP contribution in [0.5, 0.6) is 46.0 Å². The molecule has 0 unspecified atom stereocenters. The average molecular weight is 2090 g/mol. The summed E-state index contributed by atoms with van der Waals surface area (Å²) >= 11 is 10.8. The van der Waals surface area contributed by atoms with Crippen molar-refractivity contribution in [2.45, 2.75) is 132 Å². The minimum absolute atomic E-state index is 0.163. The number of nitrogens with one attached hydrogen (secondary N) is 8. The van der Waals surface area contributed by atoms with Gasteiger partial charge in [-0.1, -0.05) is 172 Å². The molecular formula is C124H122Cl2N9O12P3. The molecular weight excluding hydrogens is 1970 g/mol. The van der Waals surface area contributed by atoms with Crippen LogP contribution in [0.2, 0.25) is 0 Å². The van der Waals surface area contributed by atoms with E-state index in [9.17, 15) is 25.0 Å². The molecule has 8 aromatic heterocycles. The van der Waals surface area contributed by atoms with E-state index in [1.54, 1.807) is 97.1 Å². The summed E-state index contributed by atoms with van der Waals surface area (Å²) in [6, 6.07) is 122. The molecule has 0 amide bonds. The van der Waals surface area contributed by atoms with Crippen molar-refractivity contribution in [3.63, 3.8) is 0 Å². The second kappa shape index (κ2) is 40.6. The zero-order valence-electron chi connectivity index (χ0n) is 85.4. The molecule has 24 rings (SSSR count). The molecule has 11 aromatic carbocycles. The third-order valence-corrected chi connectivity index (χ3v) is 37.5. The van der Waals surface area contributed by atoms with Crippen LogP contribution in [-0.2, 0) is 61.8 Å². The Labute approximate surface area is 884 Å². The summed E-state index contributed by atoms with van der Waals surface area (Å²) in [6.45, 7) is 29.5. The van der Waals surface area contributed by atoms with Crippen molar-refractivity contribution in [2.75, 3.05) is 32.8 Å². The van der Waals surface area contributed by atoms with Crippen molar-refractivity contribution >= 4 is 59.4 Å². The number of phenolic OH excluding ortho intramolecular Hbond substituents is 4. The number of aromatic amines is 8. The van der Waals surface area contributed by atoms with Crippen LogP contribution in [0.3, 0.4) is 0 Å². The third-order valence-electron chi connectivity index (χ3n) is 31.7. The maximum atomic E-state index is 15.5. The van der Waals surface area contributed by atoms with Gasteiger partial charge >= 0.3 is 15.2 Å². The van der Waals surface area contributed by atoms with Crippen molar-refractivity contribution in [3.8, 4) is 46.0 Å². The Morgan fingerprint density at radius 1 is 0.260 bits per heavy atom. The number of benzene rings is 11. The molecule has 0 atom stereocenters. The lowest BCUT2D eigenvalue weighted by molar-refractivity contribution is 0.198. The standard InChI is InChI=1S/C60H50N4O6P2.C48H44N4O4.C6H5Cl2OP.C6H15N.C4H8O/c1-57-39-15-11-19-43(35-39)67-71(65,47-23-7-5-8-24-47)68-44-20-12-16-40(36-44)58(2,50-28-27-49(57)61-50)55-33-34-56(64-55)60(4)42-18-14-22-46(38-42)70-72(66,48-25-9-6-10-26-48)69-45-21-13-17-41(37-45)59(3,51-29-30-52(60)62-51)54-32-31-53(57)63-54;1-45(29-9-5-13-33(53)25-29)37-17-19-39(49-37)46(2,30-10-6-14-34(54)26-30)41-21-23-43(51-41)48(4,32-12-8-16-36(56)28-32)44-24-22-42(52-44)47(3,40-20-18-38(45)50-40)31-11-7-15-35(55)27-31;7-10(8,9)6-4-2-1-3-5-6;1-4-7(5-2)6-3;1-2-4-5-3-1/h5-38,61-64H,1-4H3;5-28,49-56H,1-4H3;1-5H;4-6H2,1-3H3;1-4H2/t57-,58+,59+,60-,71?,72?;;;;. The number of aromatic nitrogens is 8. The van der Waals surface area contributed by atoms with Gasteiger partial charge in [-0.15, -0.1) is 0 Å². The number of aromatic hydroxyl groups is 4. The van der Waals surface area contributed by atoms with Crippen molar-refractivity contribution in [2.24, 2.45) is 0 Å². The second-order valence-corrected chi connectivity index (χ2v) is 48.9. The molecule has 5 aliphatic heterocycles. The summed E-state index contributed by atoms with van der Waals surface area (Å²) in [5.41, 5.74) is 14.6. The number of fused-ring (bicyclic) bond motifs is 28. The van der Waals surface area contributed by atoms with Crippen molar-refractivity contribution in [1.29, 1.82) is 0 Å². The molecule has 1 fully saturated rings. The fourth-order valence-electron chi connectivity index (χ4n) is 22.0. The van der Waals surface area contributed by atoms with E-state index in [-0.39, 0.29) is 23.0 Å². The summed E-state index contributed by atoms with van der Waals surface area (Å²) in [4.78, 5) is 33.8. The van der Waals surface area contributed by atoms with Crippen LogP contribution in [0, 0.1) is 0 Å². The Balaban J connectivity index is 0.000000153. The summed E-state index contributed by atoms with van der Waals surface area (Å²) < 4.78 is 73.5. The molecule has 12 N–H and O–H groups in total. The van der Waals surface area contributed by atoms with Gasteiger partial charge in [0.2, 0.25) is 0 Å². The topological polar surface area (TPSA) is 308 Å². The first-order valence-corrected chi connectivity index (χ1v) is 57.3. The first-order chi connectivity index (χ1) is 72.1. The zero-order valence-corrected chi connectivity index (χ0v) is 89.6. The third kappa shape index (κ3) is 18.6. The second-order valence-electron chi connectivity index (χ2n) is 40.4. The number of ether oxygens (including phenoxy) is 1. The van der Waals surface area contributed by atoms with Crippen LogP contribution < -0.4 is 34.0 Å². The van der Waals surface area contributed by atoms with Gasteiger partial charge in [0.25, 0.3) is 5.85 Å². The molecule has 1 saturated heterocycles. The molecule has 0 spiro atoms. The normalized spacial score (nSPS) is 21.8. The van der Waals surface area contributed by atoms with Crippen molar-refractivity contribution in [3.05, 3.63) is 518 Å². The number of H-pyrrole nitrogens is 8. The quantitative estimate of drug-likeness (QED) is 0.0568. The molecule has 28 bridgehead atoms. The number of nitrogens with zero attached hydrogens (tertiary/aromatic N) is 1. The summed E-state index contributed by atoms with van der Waals surface area (Å²) in [5, 5.41) is 44.6. The van der Waals surface area contributed by atoms with Crippen molar-refractivity contribution < 1.29 is 57.0 Å². The van der Waals surface area contributed by atoms with Crippen LogP contribution in [0.25, 0.3) is 0 Å². The zero-order chi connectivity index (χ0) is 105. The Morgan fingerprint density at radius 3 is 0.593 bits per heavy atom. The molecule has 0 radical (unpaired) electrons. The first-order valence-electron chi connectivity index (χ1n) is 50.7. The van der Waals surface area contributed by atoms with E-state index in [0.29, 0.717) is 38.9 Å². The largest absolute Gasteiger partial charge is 0.508 e. The molecule has 21 nitrogen and oxygen atoms in total. The Hall–Kier alpha value is -14.8. The molecule has 150 heavy (non-hydrogen) atoms. The van der Waals surface area contributed by atoms with Crippen molar-refractivity contribution in [1.82, 2.24) is 44.8 Å². The lowest BCUT2D eigenvalue weighted by Crippen LogP contribution is -2.32. The predicted molar refractivity (Wildman–Crippen MR) is 598 cm³/mol. The van der Waals surface area contributed by atoms with Crippen LogP contribution in [0.15, 0.2) is 382 Å². The fraction of sp³-hybridized carbons (Fsp3) is 0.210. The number of hydrogen-bond donors (Lipinski definition) is 12. The van der Waals surface area contributed by atoms with Gasteiger partial charge in [-0.25, -0.2) is 9.13 Å². The van der Waals surface area contributed by atoms with Crippen LogP contribution >= 0.6 is 43.5 Å². The van der Waals surface area contributed by atoms with Gasteiger partial charge in [-0.05, 0) is 385 Å². The SMILES string of the molecule is C1CCOC1.CC1(c2cccc(O)c2)c2ccc([nH]2)C(C)(c2cccc(O)c2)c2ccc([nH]2)C(C)(c2cccc(O)c2)c2ccc([nH]2)C(C)(c2cccc(O)c2)c2ccc1[nH]2.CCN(CC)CC.C[C@]12c3cccc(c3)OP(=O)(c3ccccc3)Oc3cccc(c3)[C@](C)(c3ccc1[nH]3)c1ccc([nH]1)[C@@]1(C)c3cccc(c3)OP(=O)(c3ccccc3)Oc3cccc(c3)[C@](C)(c3ccc1[nH]3)c1ccc2[nH]1.O=P(Cl)(Cl)c1ccccc1. The van der Waals surface area contributed by atoms with E-state index in [0.717, 1.165) is 149 Å². The maximum Gasteiger partial charge on any atom is 0.462 e. The molecule has 26 heteroatoms. The number of rotatable bonds is 10. The van der Waals surface area contributed by atoms with Gasteiger partial charge in [-0.3, -0.25) is 4.57 Å². The smallest absolute Gasteiger partial charge is 0.462 e. The van der Waals surface area contributed by atoms with Gasteiger partial charge in [0.05, 0.1) is 53.9 Å². The van der Waals surface area contributed by atoms with E-state index in [1.807, 2.05) is 164 Å². The highest BCUT2D eigenvalue weighted by Crippen LogP contribution is 2.59. The highest BCUT2D eigenvalue weighted by Gasteiger charge is 2.50. The highest BCUT2D eigenvalue weighted by molar-refractivity contribution is 8.13. The molecule has 0 saturated carbocycles. The minimum atomic E-state index is -4.07. The van der Waals surface area contributed by atoms with E-state index >= 15 is 9.13 Å². The molecule has 13 heterocycles. The van der Waals surface area contributed by atoms with Crippen LogP contribution in [0.1, 0.15) is 225 Å². The Morgan fingerprint density at radius 2 is 0.440 bits per heavy atom. The monoisotopic (exact) mass is 2090 g/mol. The molecule has 19 aromatic rings. The van der Waals surface area contributed by atoms with Gasteiger partial charge in [0, 0.05) is 110 Å². The molecule has 764 valence electrons. The average Bonchev–Trinajstić information content (AvgIpc) is 1.56. The molecule has 0 aliphatic carbocycles. The van der Waals surface area contributed by atoms with E-state index in [2.05, 4.69) is 242 Å².